The van der Waals surface area contributed by atoms with Gasteiger partial charge in [-0.3, -0.25) is 24.6 Å². The summed E-state index contributed by atoms with van der Waals surface area (Å²) in [6.07, 6.45) is 0. The average Bonchev–Trinajstić information content (AvgIpc) is 3.28. The summed E-state index contributed by atoms with van der Waals surface area (Å²) in [6.45, 7) is 1.80. The highest BCUT2D eigenvalue weighted by molar-refractivity contribution is 7.10. The van der Waals surface area contributed by atoms with Crippen LogP contribution in [-0.2, 0) is 9.59 Å². The number of hydrogen-bond donors (Lipinski definition) is 1. The molecule has 1 amide bonds. The van der Waals surface area contributed by atoms with Crippen molar-refractivity contribution < 1.29 is 24.0 Å². The Morgan fingerprint density at radius 3 is 2.55 bits per heavy atom. The lowest BCUT2D eigenvalue weighted by Gasteiger charge is -2.25. The fraction of sp³-hybridized carbons (Fsp3) is 0.0909. The van der Waals surface area contributed by atoms with Crippen molar-refractivity contribution in [2.75, 3.05) is 4.90 Å². The fourth-order valence-corrected chi connectivity index (χ4v) is 4.58. The molecule has 4 rings (SSSR count). The molecule has 0 bridgehead atoms. The molecule has 2 heterocycles. The van der Waals surface area contributed by atoms with Crippen LogP contribution in [-0.4, -0.2) is 21.7 Å². The first-order chi connectivity index (χ1) is 14.8. The third-order valence-corrected chi connectivity index (χ3v) is 6.08. The lowest BCUT2D eigenvalue weighted by molar-refractivity contribution is -0.384. The molecule has 0 saturated carbocycles. The van der Waals surface area contributed by atoms with Crippen molar-refractivity contribution in [1.29, 1.82) is 0 Å². The summed E-state index contributed by atoms with van der Waals surface area (Å²) in [5.41, 5.74) is 0.500. The maximum atomic E-state index is 13.9. The summed E-state index contributed by atoms with van der Waals surface area (Å²) >= 11 is 1.28. The lowest BCUT2D eigenvalue weighted by atomic mass is 9.98. The largest absolute Gasteiger partial charge is 0.507 e. The van der Waals surface area contributed by atoms with Crippen LogP contribution in [0.15, 0.2) is 65.6 Å². The number of nitrogens with zero attached hydrogens (tertiary/aromatic N) is 2. The zero-order valence-electron chi connectivity index (χ0n) is 16.1. The SMILES string of the molecule is Cc1ccsc1C1/C(=C(/O)c2cccc([N+](=O)[O-])c2)C(=O)C(=O)N1c1cccc(F)c1. The number of carbonyl (C=O) groups excluding carboxylic acids is 2. The van der Waals surface area contributed by atoms with Gasteiger partial charge in [-0.25, -0.2) is 4.39 Å². The van der Waals surface area contributed by atoms with Crippen LogP contribution in [0.1, 0.15) is 22.0 Å². The number of Topliss-reactive ketones (excluding diaryl/α,β-unsaturated/α-hetero) is 1. The quantitative estimate of drug-likeness (QED) is 0.209. The molecule has 1 saturated heterocycles. The molecule has 2 aromatic carbocycles. The monoisotopic (exact) mass is 438 g/mol. The van der Waals surface area contributed by atoms with Gasteiger partial charge in [0.15, 0.2) is 0 Å². The first kappa shape index (κ1) is 20.4. The smallest absolute Gasteiger partial charge is 0.300 e. The van der Waals surface area contributed by atoms with Crippen molar-refractivity contribution in [2.24, 2.45) is 0 Å². The summed E-state index contributed by atoms with van der Waals surface area (Å²) in [5, 5.41) is 23.9. The van der Waals surface area contributed by atoms with Gasteiger partial charge in [-0.15, -0.1) is 11.3 Å². The Hall–Kier alpha value is -3.85. The second kappa shape index (κ2) is 7.77. The van der Waals surface area contributed by atoms with E-state index in [1.807, 2.05) is 0 Å². The molecule has 7 nitrogen and oxygen atoms in total. The maximum Gasteiger partial charge on any atom is 0.300 e. The van der Waals surface area contributed by atoms with Gasteiger partial charge in [0, 0.05) is 28.3 Å². The molecule has 1 unspecified atom stereocenters. The van der Waals surface area contributed by atoms with E-state index in [9.17, 15) is 29.2 Å². The predicted molar refractivity (Wildman–Crippen MR) is 113 cm³/mol. The van der Waals surface area contributed by atoms with Gasteiger partial charge in [0.25, 0.3) is 17.4 Å². The highest BCUT2D eigenvalue weighted by atomic mass is 32.1. The van der Waals surface area contributed by atoms with Crippen LogP contribution >= 0.6 is 11.3 Å². The number of thiophene rings is 1. The summed E-state index contributed by atoms with van der Waals surface area (Å²) in [7, 11) is 0. The number of rotatable bonds is 4. The Labute approximate surface area is 179 Å². The first-order valence-corrected chi connectivity index (χ1v) is 10.0. The minimum absolute atomic E-state index is 0.0330. The van der Waals surface area contributed by atoms with E-state index < -0.39 is 34.2 Å². The molecule has 0 aliphatic carbocycles. The molecule has 1 aliphatic heterocycles. The van der Waals surface area contributed by atoms with Crippen LogP contribution in [0.4, 0.5) is 15.8 Å². The van der Waals surface area contributed by atoms with E-state index in [1.165, 1.54) is 47.7 Å². The van der Waals surface area contributed by atoms with E-state index in [4.69, 9.17) is 0 Å². The van der Waals surface area contributed by atoms with Crippen molar-refractivity contribution in [3.8, 4) is 0 Å². The minimum Gasteiger partial charge on any atom is -0.507 e. The molecule has 0 radical (unpaired) electrons. The van der Waals surface area contributed by atoms with E-state index in [0.29, 0.717) is 4.88 Å². The van der Waals surface area contributed by atoms with E-state index in [-0.39, 0.29) is 22.5 Å². The zero-order chi connectivity index (χ0) is 22.3. The molecule has 9 heteroatoms. The number of hydrogen-bond acceptors (Lipinski definition) is 6. The average molecular weight is 438 g/mol. The van der Waals surface area contributed by atoms with E-state index in [1.54, 1.807) is 18.4 Å². The van der Waals surface area contributed by atoms with Gasteiger partial charge in [-0.1, -0.05) is 18.2 Å². The first-order valence-electron chi connectivity index (χ1n) is 9.15. The summed E-state index contributed by atoms with van der Waals surface area (Å²) < 4.78 is 13.9. The number of aryl methyl sites for hydroxylation is 1. The van der Waals surface area contributed by atoms with Crippen molar-refractivity contribution in [3.63, 3.8) is 0 Å². The zero-order valence-corrected chi connectivity index (χ0v) is 16.9. The highest BCUT2D eigenvalue weighted by Gasteiger charge is 2.48. The number of amides is 1. The standard InChI is InChI=1S/C22H15FN2O5S/c1-12-8-9-31-21(12)18-17(19(26)13-4-2-7-16(10-13)25(29)30)20(27)22(28)24(18)15-6-3-5-14(23)11-15/h2-11,18,26H,1H3/b19-17-. The van der Waals surface area contributed by atoms with Crippen molar-refractivity contribution in [3.05, 3.63) is 97.5 Å². The number of aliphatic hydroxyl groups is 1. The van der Waals surface area contributed by atoms with Crippen LogP contribution in [0, 0.1) is 22.9 Å². The molecule has 1 fully saturated rings. The van der Waals surface area contributed by atoms with Gasteiger partial charge in [0.05, 0.1) is 10.5 Å². The Kier molecular flexibility index (Phi) is 5.12. The number of non-ortho nitro benzene ring substituents is 1. The third kappa shape index (κ3) is 3.49. The molecular formula is C22H15FN2O5S. The van der Waals surface area contributed by atoms with Crippen LogP contribution < -0.4 is 4.90 Å². The summed E-state index contributed by atoms with van der Waals surface area (Å²) in [6, 6.07) is 11.2. The number of anilines is 1. The van der Waals surface area contributed by atoms with Crippen LogP contribution in [0.5, 0.6) is 0 Å². The van der Waals surface area contributed by atoms with E-state index in [2.05, 4.69) is 0 Å². The van der Waals surface area contributed by atoms with Crippen LogP contribution in [0.3, 0.4) is 0 Å². The topological polar surface area (TPSA) is 101 Å². The highest BCUT2D eigenvalue weighted by Crippen LogP contribution is 2.45. The molecule has 1 aromatic heterocycles. The number of ketones is 1. The van der Waals surface area contributed by atoms with Gasteiger partial charge < -0.3 is 5.11 Å². The molecule has 1 atom stereocenters. The maximum absolute atomic E-state index is 13.9. The van der Waals surface area contributed by atoms with Gasteiger partial charge >= 0.3 is 0 Å². The molecular weight excluding hydrogens is 423 g/mol. The fourth-order valence-electron chi connectivity index (χ4n) is 3.56. The van der Waals surface area contributed by atoms with Gasteiger partial charge in [0.1, 0.15) is 17.6 Å². The van der Waals surface area contributed by atoms with Crippen LogP contribution in [0.2, 0.25) is 0 Å². The van der Waals surface area contributed by atoms with Gasteiger partial charge in [-0.05, 0) is 42.1 Å². The Bertz CT molecular complexity index is 1270. The normalized spacial score (nSPS) is 17.9. The molecule has 0 spiro atoms. The Balaban J connectivity index is 1.96. The number of aliphatic hydroxyl groups excluding tert-OH is 1. The molecule has 31 heavy (non-hydrogen) atoms. The molecule has 3 aromatic rings. The summed E-state index contributed by atoms with van der Waals surface area (Å²) in [4.78, 5) is 38.2. The third-order valence-electron chi connectivity index (χ3n) is 5.01. The molecule has 1 N–H and O–H groups in total. The molecule has 1 aliphatic rings. The molecule has 156 valence electrons. The number of nitro benzene ring substituents is 1. The van der Waals surface area contributed by atoms with Crippen LogP contribution in [0.25, 0.3) is 5.76 Å². The minimum atomic E-state index is -0.999. The van der Waals surface area contributed by atoms with Crippen molar-refractivity contribution in [2.45, 2.75) is 13.0 Å². The van der Waals surface area contributed by atoms with Crippen molar-refractivity contribution >= 4 is 40.2 Å². The number of halogens is 1. The van der Waals surface area contributed by atoms with Gasteiger partial charge in [-0.2, -0.15) is 0 Å². The number of nitro groups is 1. The number of benzene rings is 2. The predicted octanol–water partition coefficient (Wildman–Crippen LogP) is 4.73. The Morgan fingerprint density at radius 1 is 1.16 bits per heavy atom. The second-order valence-corrected chi connectivity index (χ2v) is 7.87. The summed E-state index contributed by atoms with van der Waals surface area (Å²) in [5.74, 6) is -2.99. The number of carbonyl (C=O) groups is 2. The van der Waals surface area contributed by atoms with Gasteiger partial charge in [0.2, 0.25) is 0 Å². The Morgan fingerprint density at radius 2 is 1.90 bits per heavy atom. The lowest BCUT2D eigenvalue weighted by Crippen LogP contribution is -2.29. The van der Waals surface area contributed by atoms with Crippen molar-refractivity contribution in [1.82, 2.24) is 0 Å². The van der Waals surface area contributed by atoms with E-state index >= 15 is 0 Å². The van der Waals surface area contributed by atoms with E-state index in [0.717, 1.165) is 22.6 Å². The second-order valence-electron chi connectivity index (χ2n) is 6.92.